The number of carbonyl (C=O) groups is 3. The molecule has 4 heterocycles. The SMILES string of the molecule is CN1C(=O)N/C(=C\c2cc(OC3CCC(N4CCOCC4)CC3)c3c4c(sc3n2)CC[C@@H]4CC(N)=O)C1=O. The van der Waals surface area contributed by atoms with E-state index in [1.165, 1.54) is 11.9 Å². The second-order valence-electron chi connectivity index (χ2n) is 10.6. The number of nitrogens with zero attached hydrogens (tertiary/aromatic N) is 3. The van der Waals surface area contributed by atoms with E-state index in [0.717, 1.165) is 91.3 Å². The molecule has 10 nitrogen and oxygen atoms in total. The zero-order valence-electron chi connectivity index (χ0n) is 21.5. The van der Waals surface area contributed by atoms with Gasteiger partial charge in [-0.1, -0.05) is 0 Å². The molecule has 2 aromatic rings. The molecule has 4 aliphatic rings. The summed E-state index contributed by atoms with van der Waals surface area (Å²) in [6.45, 7) is 3.59. The van der Waals surface area contributed by atoms with Crippen LogP contribution < -0.4 is 15.8 Å². The van der Waals surface area contributed by atoms with Crippen LogP contribution in [-0.2, 0) is 20.7 Å². The van der Waals surface area contributed by atoms with Gasteiger partial charge in [-0.05, 0) is 56.1 Å². The first-order chi connectivity index (χ1) is 18.4. The van der Waals surface area contributed by atoms with Crippen LogP contribution in [-0.4, -0.2) is 78.1 Å². The number of primary amides is 1. The lowest BCUT2D eigenvalue weighted by molar-refractivity contribution is -0.122. The molecule has 11 heteroatoms. The van der Waals surface area contributed by atoms with Gasteiger partial charge in [0, 0.05) is 43.5 Å². The molecular weight excluding hydrogens is 506 g/mol. The average Bonchev–Trinajstić information content (AvgIpc) is 3.54. The van der Waals surface area contributed by atoms with Crippen LogP contribution in [0, 0.1) is 0 Å². The van der Waals surface area contributed by atoms with Gasteiger partial charge >= 0.3 is 6.03 Å². The number of pyridine rings is 1. The number of carbonyl (C=O) groups excluding carboxylic acids is 3. The highest BCUT2D eigenvalue weighted by Crippen LogP contribution is 2.48. The van der Waals surface area contributed by atoms with Crippen molar-refractivity contribution in [3.63, 3.8) is 0 Å². The fourth-order valence-corrected chi connectivity index (χ4v) is 7.55. The predicted octanol–water partition coefficient (Wildman–Crippen LogP) is 2.75. The standard InChI is InChI=1S/C27H33N5O5S/c1-31-26(34)19(30-27(31)35)13-16-14-20(37-18-5-3-17(4-6-18)32-8-10-36-11-9-32)24-23-15(12-22(28)33)2-7-21(23)38-25(24)29-16/h13-15,17-18H,2-12H2,1H3,(H2,28,33)(H,30,35)/b19-13-/t15-,17?,18?/m1/s1. The first kappa shape index (κ1) is 25.3. The van der Waals surface area contributed by atoms with Crippen molar-refractivity contribution in [2.75, 3.05) is 33.4 Å². The van der Waals surface area contributed by atoms with E-state index in [1.807, 2.05) is 6.07 Å². The lowest BCUT2D eigenvalue weighted by Gasteiger charge is -2.38. The maximum absolute atomic E-state index is 12.5. The second-order valence-corrected chi connectivity index (χ2v) is 11.7. The molecule has 4 amide bonds. The fourth-order valence-electron chi connectivity index (χ4n) is 6.25. The third-order valence-corrected chi connectivity index (χ3v) is 9.37. The monoisotopic (exact) mass is 539 g/mol. The van der Waals surface area contributed by atoms with Gasteiger partial charge in [0.1, 0.15) is 16.3 Å². The van der Waals surface area contributed by atoms with Gasteiger partial charge < -0.3 is 20.5 Å². The molecule has 2 saturated heterocycles. The number of imide groups is 1. The number of aryl methyl sites for hydroxylation is 1. The summed E-state index contributed by atoms with van der Waals surface area (Å²) in [5.74, 6) is 0.0951. The highest BCUT2D eigenvalue weighted by molar-refractivity contribution is 7.19. The zero-order valence-corrected chi connectivity index (χ0v) is 22.3. The Morgan fingerprint density at radius 1 is 1.24 bits per heavy atom. The number of amides is 4. The number of urea groups is 1. The summed E-state index contributed by atoms with van der Waals surface area (Å²) >= 11 is 1.61. The van der Waals surface area contributed by atoms with Crippen molar-refractivity contribution in [3.05, 3.63) is 27.9 Å². The Morgan fingerprint density at radius 2 is 2.00 bits per heavy atom. The van der Waals surface area contributed by atoms with Gasteiger partial charge in [0.2, 0.25) is 5.91 Å². The maximum Gasteiger partial charge on any atom is 0.328 e. The summed E-state index contributed by atoms with van der Waals surface area (Å²) in [4.78, 5) is 46.7. The van der Waals surface area contributed by atoms with E-state index < -0.39 is 11.9 Å². The molecule has 0 aromatic carbocycles. The van der Waals surface area contributed by atoms with Gasteiger partial charge in [-0.3, -0.25) is 19.4 Å². The van der Waals surface area contributed by atoms with E-state index in [9.17, 15) is 14.4 Å². The van der Waals surface area contributed by atoms with E-state index in [1.54, 1.807) is 17.4 Å². The molecule has 0 unspecified atom stereocenters. The first-order valence-corrected chi connectivity index (χ1v) is 14.2. The minimum atomic E-state index is -0.458. The number of likely N-dealkylation sites (N-methyl/N-ethyl adjacent to an activating group) is 1. The molecule has 2 aliphatic heterocycles. The van der Waals surface area contributed by atoms with E-state index in [-0.39, 0.29) is 23.6 Å². The number of nitrogens with two attached hydrogens (primary N) is 1. The second kappa shape index (κ2) is 10.3. The van der Waals surface area contributed by atoms with E-state index in [4.69, 9.17) is 20.2 Å². The van der Waals surface area contributed by atoms with E-state index >= 15 is 0 Å². The molecule has 0 spiro atoms. The molecule has 0 radical (unpaired) electrons. The normalized spacial score (nSPS) is 27.2. The Kier molecular flexibility index (Phi) is 6.83. The molecule has 3 N–H and O–H groups in total. The van der Waals surface area contributed by atoms with Crippen molar-refractivity contribution < 1.29 is 23.9 Å². The number of nitrogens with one attached hydrogen (secondary N) is 1. The van der Waals surface area contributed by atoms with Gasteiger partial charge in [0.25, 0.3) is 5.91 Å². The minimum absolute atomic E-state index is 0.0611. The van der Waals surface area contributed by atoms with E-state index in [0.29, 0.717) is 18.2 Å². The molecule has 202 valence electrons. The molecule has 1 atom stereocenters. The van der Waals surface area contributed by atoms with Gasteiger partial charge in [0.15, 0.2) is 0 Å². The predicted molar refractivity (Wildman–Crippen MR) is 143 cm³/mol. The molecule has 6 rings (SSSR count). The smallest absolute Gasteiger partial charge is 0.328 e. The van der Waals surface area contributed by atoms with Crippen LogP contribution in [0.3, 0.4) is 0 Å². The van der Waals surface area contributed by atoms with Crippen LogP contribution in [0.1, 0.15) is 60.6 Å². The van der Waals surface area contributed by atoms with Crippen molar-refractivity contribution in [2.24, 2.45) is 5.73 Å². The summed E-state index contributed by atoms with van der Waals surface area (Å²) < 4.78 is 12.2. The topological polar surface area (TPSA) is 127 Å². The zero-order chi connectivity index (χ0) is 26.4. The van der Waals surface area contributed by atoms with Crippen molar-refractivity contribution in [1.29, 1.82) is 0 Å². The van der Waals surface area contributed by atoms with Crippen LogP contribution >= 0.6 is 11.3 Å². The lowest BCUT2D eigenvalue weighted by Crippen LogP contribution is -2.46. The third kappa shape index (κ3) is 4.78. The third-order valence-electron chi connectivity index (χ3n) is 8.21. The molecule has 0 bridgehead atoms. The summed E-state index contributed by atoms with van der Waals surface area (Å²) in [5, 5.41) is 3.57. The number of ether oxygens (including phenoxy) is 2. The average molecular weight is 540 g/mol. The number of hydrogen-bond acceptors (Lipinski definition) is 8. The summed E-state index contributed by atoms with van der Waals surface area (Å²) in [6.07, 6.45) is 7.83. The first-order valence-electron chi connectivity index (χ1n) is 13.4. The fraction of sp³-hybridized carbons (Fsp3) is 0.556. The molecule has 1 saturated carbocycles. The van der Waals surface area contributed by atoms with Gasteiger partial charge in [-0.2, -0.15) is 0 Å². The molecule has 38 heavy (non-hydrogen) atoms. The molecule has 3 fully saturated rings. The van der Waals surface area contributed by atoms with Crippen LogP contribution in [0.4, 0.5) is 4.79 Å². The summed E-state index contributed by atoms with van der Waals surface area (Å²) in [7, 11) is 1.44. The van der Waals surface area contributed by atoms with Crippen LogP contribution in [0.2, 0.25) is 0 Å². The summed E-state index contributed by atoms with van der Waals surface area (Å²) in [6, 6.07) is 1.98. The number of thiophene rings is 1. The highest BCUT2D eigenvalue weighted by atomic mass is 32.1. The number of hydrogen-bond donors (Lipinski definition) is 2. The lowest BCUT2D eigenvalue weighted by atomic mass is 9.91. The number of rotatable bonds is 6. The Labute approximate surface area is 225 Å². The molecule has 2 aromatic heterocycles. The number of aromatic nitrogens is 1. The quantitative estimate of drug-likeness (QED) is 0.427. The van der Waals surface area contributed by atoms with Crippen LogP contribution in [0.15, 0.2) is 11.8 Å². The van der Waals surface area contributed by atoms with Gasteiger partial charge in [-0.15, -0.1) is 11.3 Å². The van der Waals surface area contributed by atoms with Crippen LogP contribution in [0.5, 0.6) is 5.75 Å². The Bertz CT molecular complexity index is 1310. The van der Waals surface area contributed by atoms with Crippen LogP contribution in [0.25, 0.3) is 16.3 Å². The number of fused-ring (bicyclic) bond motifs is 3. The van der Waals surface area contributed by atoms with Gasteiger partial charge in [-0.25, -0.2) is 9.78 Å². The Morgan fingerprint density at radius 3 is 2.68 bits per heavy atom. The number of morpholine rings is 1. The largest absolute Gasteiger partial charge is 0.490 e. The molecule has 2 aliphatic carbocycles. The molecular formula is C27H33N5O5S. The van der Waals surface area contributed by atoms with E-state index in [2.05, 4.69) is 10.2 Å². The van der Waals surface area contributed by atoms with Crippen molar-refractivity contribution >= 4 is 45.5 Å². The van der Waals surface area contributed by atoms with Crippen molar-refractivity contribution in [1.82, 2.24) is 20.1 Å². The van der Waals surface area contributed by atoms with Gasteiger partial charge in [0.05, 0.1) is 30.4 Å². The Hall–Kier alpha value is -3.02. The Balaban J connectivity index is 1.31. The van der Waals surface area contributed by atoms with Crippen molar-refractivity contribution in [2.45, 2.75) is 63.0 Å². The highest BCUT2D eigenvalue weighted by Gasteiger charge is 2.34. The summed E-state index contributed by atoms with van der Waals surface area (Å²) in [5.41, 5.74) is 7.47. The minimum Gasteiger partial charge on any atom is -0.490 e. The maximum atomic E-state index is 12.5. The van der Waals surface area contributed by atoms with Crippen molar-refractivity contribution in [3.8, 4) is 5.75 Å².